The van der Waals surface area contributed by atoms with Gasteiger partial charge < -0.3 is 5.32 Å². The molecule has 1 N–H and O–H groups in total. The monoisotopic (exact) mass is 246 g/mol. The van der Waals surface area contributed by atoms with Gasteiger partial charge in [-0.25, -0.2) is 8.42 Å². The van der Waals surface area contributed by atoms with Crippen molar-refractivity contribution in [3.05, 3.63) is 0 Å². The molecule has 0 aromatic rings. The third kappa shape index (κ3) is 2.22. The first-order valence-corrected chi connectivity index (χ1v) is 7.32. The number of carbonyl (C=O) groups excluding carboxylic acids is 1. The molecule has 6 heteroatoms. The maximum Gasteiger partial charge on any atom is 0.225 e. The van der Waals surface area contributed by atoms with Crippen molar-refractivity contribution in [2.24, 2.45) is 5.92 Å². The summed E-state index contributed by atoms with van der Waals surface area (Å²) in [5, 5.41) is 2.63. The van der Waals surface area contributed by atoms with E-state index in [-0.39, 0.29) is 17.1 Å². The summed E-state index contributed by atoms with van der Waals surface area (Å²) in [5.41, 5.74) is 0. The third-order valence-corrected chi connectivity index (χ3v) is 5.41. The van der Waals surface area contributed by atoms with E-state index < -0.39 is 10.0 Å². The van der Waals surface area contributed by atoms with Gasteiger partial charge in [0.05, 0.1) is 11.2 Å². The number of rotatable bonds is 5. The highest BCUT2D eigenvalue weighted by molar-refractivity contribution is 7.90. The molecule has 2 aliphatic rings. The summed E-state index contributed by atoms with van der Waals surface area (Å²) in [6, 6.07) is 0. The van der Waals surface area contributed by atoms with E-state index in [1.54, 1.807) is 0 Å². The predicted molar refractivity (Wildman–Crippen MR) is 60.3 cm³/mol. The minimum Gasteiger partial charge on any atom is -0.356 e. The van der Waals surface area contributed by atoms with Crippen molar-refractivity contribution >= 4 is 15.9 Å². The Balaban J connectivity index is 1.79. The van der Waals surface area contributed by atoms with Gasteiger partial charge in [0.2, 0.25) is 15.9 Å². The minimum absolute atomic E-state index is 0.0101. The largest absolute Gasteiger partial charge is 0.356 e. The Morgan fingerprint density at radius 2 is 2.00 bits per heavy atom. The molecule has 1 aliphatic heterocycles. The second kappa shape index (κ2) is 4.33. The van der Waals surface area contributed by atoms with Crippen molar-refractivity contribution in [3.8, 4) is 0 Å². The van der Waals surface area contributed by atoms with Gasteiger partial charge in [-0.2, -0.15) is 4.31 Å². The van der Waals surface area contributed by atoms with Gasteiger partial charge in [0.15, 0.2) is 0 Å². The molecule has 92 valence electrons. The van der Waals surface area contributed by atoms with Crippen LogP contribution >= 0.6 is 0 Å². The summed E-state index contributed by atoms with van der Waals surface area (Å²) in [5.74, 6) is -0.149. The van der Waals surface area contributed by atoms with E-state index in [2.05, 4.69) is 5.32 Å². The number of hydrogen-bond donors (Lipinski definition) is 1. The van der Waals surface area contributed by atoms with Gasteiger partial charge in [0, 0.05) is 19.6 Å². The fraction of sp³-hybridized carbons (Fsp3) is 0.900. The molecule has 0 aromatic carbocycles. The Bertz CT molecular complexity index is 370. The molecular formula is C10H18N2O3S. The van der Waals surface area contributed by atoms with E-state index in [1.807, 2.05) is 6.92 Å². The molecule has 16 heavy (non-hydrogen) atoms. The smallest absolute Gasteiger partial charge is 0.225 e. The predicted octanol–water partition coefficient (Wildman–Crippen LogP) is -0.0634. The summed E-state index contributed by atoms with van der Waals surface area (Å²) in [7, 11) is -3.06. The van der Waals surface area contributed by atoms with Crippen LogP contribution in [0.2, 0.25) is 0 Å². The molecule has 2 rings (SSSR count). The summed E-state index contributed by atoms with van der Waals surface area (Å²) in [4.78, 5) is 11.5. The lowest BCUT2D eigenvalue weighted by Gasteiger charge is -2.37. The van der Waals surface area contributed by atoms with Crippen molar-refractivity contribution in [3.63, 3.8) is 0 Å². The maximum atomic E-state index is 11.8. The van der Waals surface area contributed by atoms with Crippen molar-refractivity contribution in [1.29, 1.82) is 0 Å². The summed E-state index contributed by atoms with van der Waals surface area (Å²) in [6.07, 6.45) is 2.47. The second-order valence-electron chi connectivity index (χ2n) is 4.55. The van der Waals surface area contributed by atoms with Crippen molar-refractivity contribution in [1.82, 2.24) is 9.62 Å². The molecule has 1 saturated carbocycles. The second-order valence-corrected chi connectivity index (χ2v) is 6.76. The lowest BCUT2D eigenvalue weighted by atomic mass is 10.0. The number of nitrogens with one attached hydrogen (secondary N) is 1. The number of amides is 1. The molecule has 5 nitrogen and oxygen atoms in total. The molecule has 1 heterocycles. The molecule has 0 bridgehead atoms. The van der Waals surface area contributed by atoms with E-state index in [0.29, 0.717) is 19.6 Å². The summed E-state index contributed by atoms with van der Waals surface area (Å²) in [6.45, 7) is 3.40. The van der Waals surface area contributed by atoms with Gasteiger partial charge in [-0.05, 0) is 19.3 Å². The minimum atomic E-state index is -3.06. The zero-order valence-electron chi connectivity index (χ0n) is 9.48. The lowest BCUT2D eigenvalue weighted by Crippen LogP contribution is -2.56. The first kappa shape index (κ1) is 11.9. The molecule has 1 amide bonds. The van der Waals surface area contributed by atoms with Crippen molar-refractivity contribution in [2.75, 3.05) is 19.6 Å². The fourth-order valence-corrected chi connectivity index (χ4v) is 3.71. The molecule has 0 unspecified atom stereocenters. The zero-order valence-corrected chi connectivity index (χ0v) is 10.3. The zero-order chi connectivity index (χ0) is 11.8. The van der Waals surface area contributed by atoms with Crippen molar-refractivity contribution < 1.29 is 13.2 Å². The molecule has 0 atom stereocenters. The highest BCUT2D eigenvalue weighted by Gasteiger charge is 2.46. The van der Waals surface area contributed by atoms with E-state index in [9.17, 15) is 13.2 Å². The van der Waals surface area contributed by atoms with E-state index in [1.165, 1.54) is 4.31 Å². The van der Waals surface area contributed by atoms with Crippen LogP contribution in [0.1, 0.15) is 26.2 Å². The normalized spacial score (nSPS) is 22.8. The Hall–Kier alpha value is -0.620. The van der Waals surface area contributed by atoms with Crippen molar-refractivity contribution in [2.45, 2.75) is 31.4 Å². The molecule has 0 spiro atoms. The van der Waals surface area contributed by atoms with Crippen LogP contribution in [0, 0.1) is 5.92 Å². The number of nitrogens with zero attached hydrogens (tertiary/aromatic N) is 1. The van der Waals surface area contributed by atoms with Gasteiger partial charge >= 0.3 is 0 Å². The van der Waals surface area contributed by atoms with Crippen LogP contribution in [-0.4, -0.2) is 43.5 Å². The maximum absolute atomic E-state index is 11.8. The van der Waals surface area contributed by atoms with Crippen LogP contribution in [-0.2, 0) is 14.8 Å². The number of hydrogen-bond acceptors (Lipinski definition) is 3. The molecule has 0 aromatic heterocycles. The number of carbonyl (C=O) groups is 1. The number of sulfonamides is 1. The topological polar surface area (TPSA) is 66.5 Å². The Morgan fingerprint density at radius 1 is 1.38 bits per heavy atom. The Kier molecular flexibility index (Phi) is 3.21. The SMILES string of the molecule is CCCNC(=O)C1CN(S(=O)(=O)C2CC2)C1. The fourth-order valence-electron chi connectivity index (χ4n) is 1.78. The van der Waals surface area contributed by atoms with E-state index >= 15 is 0 Å². The Morgan fingerprint density at radius 3 is 2.50 bits per heavy atom. The summed E-state index contributed by atoms with van der Waals surface area (Å²) < 4.78 is 24.9. The lowest BCUT2D eigenvalue weighted by molar-refractivity contribution is -0.128. The van der Waals surface area contributed by atoms with Gasteiger partial charge in [-0.15, -0.1) is 0 Å². The van der Waals surface area contributed by atoms with Crippen LogP contribution in [0.15, 0.2) is 0 Å². The van der Waals surface area contributed by atoms with E-state index in [0.717, 1.165) is 19.3 Å². The first-order valence-electron chi connectivity index (χ1n) is 5.82. The highest BCUT2D eigenvalue weighted by Crippen LogP contribution is 2.34. The average molecular weight is 246 g/mol. The molecular weight excluding hydrogens is 228 g/mol. The standard InChI is InChI=1S/C10H18N2O3S/c1-2-5-11-10(13)8-6-12(7-8)16(14,15)9-3-4-9/h8-9H,2-7H2,1H3,(H,11,13). The van der Waals surface area contributed by atoms with Gasteiger partial charge in [-0.3, -0.25) is 4.79 Å². The van der Waals surface area contributed by atoms with Crippen LogP contribution in [0.25, 0.3) is 0 Å². The molecule has 1 aliphatic carbocycles. The van der Waals surface area contributed by atoms with Crippen LogP contribution < -0.4 is 5.32 Å². The summed E-state index contributed by atoms with van der Waals surface area (Å²) >= 11 is 0. The molecule has 2 fully saturated rings. The third-order valence-electron chi connectivity index (χ3n) is 3.07. The van der Waals surface area contributed by atoms with Crippen LogP contribution in [0.5, 0.6) is 0 Å². The van der Waals surface area contributed by atoms with Crippen LogP contribution in [0.4, 0.5) is 0 Å². The quantitative estimate of drug-likeness (QED) is 0.739. The van der Waals surface area contributed by atoms with Gasteiger partial charge in [-0.1, -0.05) is 6.92 Å². The van der Waals surface area contributed by atoms with Crippen LogP contribution in [0.3, 0.4) is 0 Å². The highest BCUT2D eigenvalue weighted by atomic mass is 32.2. The van der Waals surface area contributed by atoms with E-state index in [4.69, 9.17) is 0 Å². The molecule has 0 radical (unpaired) electrons. The first-order chi connectivity index (χ1) is 7.55. The molecule has 1 saturated heterocycles. The van der Waals surface area contributed by atoms with Gasteiger partial charge in [0.25, 0.3) is 0 Å². The Labute approximate surface area is 96.2 Å². The average Bonchev–Trinajstić information content (AvgIpc) is 2.94. The van der Waals surface area contributed by atoms with Gasteiger partial charge in [0.1, 0.15) is 0 Å².